The number of hydrogen-bond donors (Lipinski definition) is 1. The lowest BCUT2D eigenvalue weighted by atomic mass is 10.1. The number of carbonyl (C=O) groups excluding carboxylic acids is 2. The van der Waals surface area contributed by atoms with Crippen LogP contribution in [0.15, 0.2) is 59.5 Å². The smallest absolute Gasteiger partial charge is 0.330 e. The van der Waals surface area contributed by atoms with Gasteiger partial charge in [0.25, 0.3) is 15.9 Å². The summed E-state index contributed by atoms with van der Waals surface area (Å²) in [5.74, 6) is -1.19. The second-order valence-electron chi connectivity index (χ2n) is 6.41. The number of amides is 1. The first-order chi connectivity index (χ1) is 12.6. The van der Waals surface area contributed by atoms with Crippen molar-refractivity contribution in [1.29, 1.82) is 0 Å². The number of nitrogens with one attached hydrogen (secondary N) is 1. The molecule has 0 atom stereocenters. The number of methoxy groups -OCH3 is 1. The van der Waals surface area contributed by atoms with Crippen LogP contribution in [-0.2, 0) is 19.6 Å². The molecule has 0 unspecified atom stereocenters. The standard InChI is InChI=1S/C19H22N2O5S/c1-19(2,18(23)26-4)20-17(22)14-9-8-12-16(13-14)27(24,25)21(3)15-10-6-5-7-11-15/h5-13H,1-4H3,(H,20,22). The average Bonchev–Trinajstić information content (AvgIpc) is 2.67. The van der Waals surface area contributed by atoms with Gasteiger partial charge >= 0.3 is 5.97 Å². The molecule has 1 N–H and O–H groups in total. The van der Waals surface area contributed by atoms with Crippen molar-refractivity contribution in [3.05, 3.63) is 60.2 Å². The van der Waals surface area contributed by atoms with Gasteiger partial charge in [-0.2, -0.15) is 0 Å². The molecule has 0 aliphatic heterocycles. The summed E-state index contributed by atoms with van der Waals surface area (Å²) in [6.07, 6.45) is 0. The number of ether oxygens (including phenoxy) is 1. The highest BCUT2D eigenvalue weighted by Crippen LogP contribution is 2.22. The van der Waals surface area contributed by atoms with E-state index in [1.165, 1.54) is 52.3 Å². The molecule has 0 bridgehead atoms. The van der Waals surface area contributed by atoms with Gasteiger partial charge in [-0.3, -0.25) is 9.10 Å². The van der Waals surface area contributed by atoms with Crippen LogP contribution >= 0.6 is 0 Å². The fraction of sp³-hybridized carbons (Fsp3) is 0.263. The van der Waals surface area contributed by atoms with Gasteiger partial charge in [-0.1, -0.05) is 24.3 Å². The largest absolute Gasteiger partial charge is 0.467 e. The van der Waals surface area contributed by atoms with Gasteiger partial charge in [-0.05, 0) is 44.2 Å². The van der Waals surface area contributed by atoms with Gasteiger partial charge < -0.3 is 10.1 Å². The van der Waals surface area contributed by atoms with Gasteiger partial charge in [-0.25, -0.2) is 13.2 Å². The zero-order valence-corrected chi connectivity index (χ0v) is 16.4. The summed E-state index contributed by atoms with van der Waals surface area (Å²) in [6, 6.07) is 14.3. The summed E-state index contributed by atoms with van der Waals surface area (Å²) in [5.41, 5.74) is -0.629. The zero-order chi connectivity index (χ0) is 20.2. The van der Waals surface area contributed by atoms with Crippen molar-refractivity contribution in [2.75, 3.05) is 18.5 Å². The Morgan fingerprint density at radius 1 is 1.04 bits per heavy atom. The molecular formula is C19H22N2O5S. The van der Waals surface area contributed by atoms with Crippen molar-refractivity contribution in [2.45, 2.75) is 24.3 Å². The molecule has 7 nitrogen and oxygen atoms in total. The number of benzene rings is 2. The van der Waals surface area contributed by atoms with Crippen LogP contribution in [0.5, 0.6) is 0 Å². The molecule has 2 rings (SSSR count). The maximum Gasteiger partial charge on any atom is 0.330 e. The summed E-state index contributed by atoms with van der Waals surface area (Å²) >= 11 is 0. The monoisotopic (exact) mass is 390 g/mol. The molecule has 0 aromatic heterocycles. The predicted octanol–water partition coefficient (Wildman–Crippen LogP) is 2.19. The number of hydrogen-bond acceptors (Lipinski definition) is 5. The molecule has 0 spiro atoms. The molecule has 0 aliphatic rings. The Labute approximate surface area is 159 Å². The van der Waals surface area contributed by atoms with Crippen molar-refractivity contribution >= 4 is 27.6 Å². The molecule has 144 valence electrons. The number of esters is 1. The summed E-state index contributed by atoms with van der Waals surface area (Å²) in [4.78, 5) is 24.2. The van der Waals surface area contributed by atoms with Crippen molar-refractivity contribution in [3.8, 4) is 0 Å². The number of carbonyl (C=O) groups is 2. The molecule has 8 heteroatoms. The van der Waals surface area contributed by atoms with E-state index in [9.17, 15) is 18.0 Å². The van der Waals surface area contributed by atoms with Crippen LogP contribution in [0.3, 0.4) is 0 Å². The van der Waals surface area contributed by atoms with Gasteiger partial charge in [0.15, 0.2) is 0 Å². The van der Waals surface area contributed by atoms with Crippen molar-refractivity contribution in [3.63, 3.8) is 0 Å². The first-order valence-electron chi connectivity index (χ1n) is 8.14. The van der Waals surface area contributed by atoms with E-state index in [0.717, 1.165) is 4.31 Å². The third kappa shape index (κ3) is 4.46. The van der Waals surface area contributed by atoms with Crippen LogP contribution in [0.1, 0.15) is 24.2 Å². The van der Waals surface area contributed by atoms with Crippen LogP contribution in [0.25, 0.3) is 0 Å². The van der Waals surface area contributed by atoms with Crippen molar-refractivity contribution in [1.82, 2.24) is 5.32 Å². The van der Waals surface area contributed by atoms with E-state index in [4.69, 9.17) is 0 Å². The SMILES string of the molecule is COC(=O)C(C)(C)NC(=O)c1cccc(S(=O)(=O)N(C)c2ccccc2)c1. The predicted molar refractivity (Wildman–Crippen MR) is 102 cm³/mol. The van der Waals surface area contributed by atoms with E-state index in [2.05, 4.69) is 10.1 Å². The zero-order valence-electron chi connectivity index (χ0n) is 15.6. The maximum atomic E-state index is 12.9. The summed E-state index contributed by atoms with van der Waals surface area (Å²) in [5, 5.41) is 2.54. The van der Waals surface area contributed by atoms with Crippen LogP contribution in [-0.4, -0.2) is 40.0 Å². The van der Waals surface area contributed by atoms with E-state index in [0.29, 0.717) is 5.69 Å². The lowest BCUT2D eigenvalue weighted by Crippen LogP contribution is -2.50. The summed E-state index contributed by atoms with van der Waals surface area (Å²) in [7, 11) is -1.18. The third-order valence-electron chi connectivity index (χ3n) is 4.00. The van der Waals surface area contributed by atoms with E-state index in [1.54, 1.807) is 30.3 Å². The number of para-hydroxylation sites is 1. The van der Waals surface area contributed by atoms with Crippen LogP contribution < -0.4 is 9.62 Å². The minimum Gasteiger partial charge on any atom is -0.467 e. The Bertz CT molecular complexity index is 940. The number of nitrogens with zero attached hydrogens (tertiary/aromatic N) is 1. The fourth-order valence-electron chi connectivity index (χ4n) is 2.39. The van der Waals surface area contributed by atoms with Gasteiger partial charge in [0.1, 0.15) is 5.54 Å². The second-order valence-corrected chi connectivity index (χ2v) is 8.38. The molecule has 1 amide bonds. The van der Waals surface area contributed by atoms with Crippen molar-refractivity contribution in [2.24, 2.45) is 0 Å². The number of rotatable bonds is 6. The van der Waals surface area contributed by atoms with Gasteiger partial charge in [0.05, 0.1) is 17.7 Å². The Hall–Kier alpha value is -2.87. The highest BCUT2D eigenvalue weighted by molar-refractivity contribution is 7.92. The van der Waals surface area contributed by atoms with E-state index in [-0.39, 0.29) is 10.5 Å². The number of anilines is 1. The summed E-state index contributed by atoms with van der Waals surface area (Å²) in [6.45, 7) is 3.00. The van der Waals surface area contributed by atoms with Gasteiger partial charge in [0.2, 0.25) is 0 Å². The fourth-order valence-corrected chi connectivity index (χ4v) is 3.64. The molecule has 0 fully saturated rings. The van der Waals surface area contributed by atoms with Crippen LogP contribution in [0, 0.1) is 0 Å². The first-order valence-corrected chi connectivity index (χ1v) is 9.58. The minimum atomic E-state index is -3.85. The Morgan fingerprint density at radius 3 is 2.26 bits per heavy atom. The normalized spacial score (nSPS) is 11.6. The summed E-state index contributed by atoms with van der Waals surface area (Å²) < 4.78 is 31.5. The molecule has 0 heterocycles. The molecule has 0 saturated carbocycles. The lowest BCUT2D eigenvalue weighted by Gasteiger charge is -2.23. The highest BCUT2D eigenvalue weighted by atomic mass is 32.2. The molecule has 0 saturated heterocycles. The van der Waals surface area contributed by atoms with Crippen LogP contribution in [0.2, 0.25) is 0 Å². The molecule has 2 aromatic rings. The van der Waals surface area contributed by atoms with Gasteiger partial charge in [-0.15, -0.1) is 0 Å². The Kier molecular flexibility index (Phi) is 5.90. The Balaban J connectivity index is 2.31. The topological polar surface area (TPSA) is 92.8 Å². The van der Waals surface area contributed by atoms with E-state index < -0.39 is 27.4 Å². The maximum absolute atomic E-state index is 12.9. The van der Waals surface area contributed by atoms with E-state index in [1.807, 2.05) is 0 Å². The quantitative estimate of drug-likeness (QED) is 0.764. The van der Waals surface area contributed by atoms with E-state index >= 15 is 0 Å². The molecule has 0 aliphatic carbocycles. The third-order valence-corrected chi connectivity index (χ3v) is 5.78. The second kappa shape index (κ2) is 7.79. The first kappa shape index (κ1) is 20.4. The van der Waals surface area contributed by atoms with Crippen LogP contribution in [0.4, 0.5) is 5.69 Å². The van der Waals surface area contributed by atoms with Gasteiger partial charge in [0, 0.05) is 12.6 Å². The highest BCUT2D eigenvalue weighted by Gasteiger charge is 2.31. The molecule has 2 aromatic carbocycles. The average molecular weight is 390 g/mol. The Morgan fingerprint density at radius 2 is 1.67 bits per heavy atom. The molecule has 0 radical (unpaired) electrons. The minimum absolute atomic E-state index is 0.0302. The molecule has 27 heavy (non-hydrogen) atoms. The number of sulfonamides is 1. The molecular weight excluding hydrogens is 368 g/mol. The lowest BCUT2D eigenvalue weighted by molar-refractivity contribution is -0.146. The van der Waals surface area contributed by atoms with Crippen molar-refractivity contribution < 1.29 is 22.7 Å².